The molecule has 1 N–H and O–H groups in total. The fourth-order valence-corrected chi connectivity index (χ4v) is 4.60. The van der Waals surface area contributed by atoms with Crippen molar-refractivity contribution in [3.63, 3.8) is 0 Å². The number of ether oxygens (including phenoxy) is 2. The van der Waals surface area contributed by atoms with Crippen LogP contribution < -0.4 is 14.2 Å². The first-order chi connectivity index (χ1) is 13.4. The summed E-state index contributed by atoms with van der Waals surface area (Å²) in [5, 5.41) is 1.77. The second-order valence-electron chi connectivity index (χ2n) is 6.69. The van der Waals surface area contributed by atoms with E-state index in [1.807, 2.05) is 50.2 Å². The molecule has 6 heteroatoms. The van der Waals surface area contributed by atoms with Crippen LogP contribution >= 0.6 is 0 Å². The summed E-state index contributed by atoms with van der Waals surface area (Å²) in [6.45, 7) is 3.90. The van der Waals surface area contributed by atoms with Crippen molar-refractivity contribution in [1.82, 2.24) is 4.72 Å². The Hall–Kier alpha value is -2.57. The second kappa shape index (κ2) is 8.20. The van der Waals surface area contributed by atoms with Crippen LogP contribution in [0.1, 0.15) is 30.5 Å². The Balaban J connectivity index is 1.91. The Morgan fingerprint density at radius 1 is 0.929 bits per heavy atom. The predicted octanol–water partition coefficient (Wildman–Crippen LogP) is 4.60. The van der Waals surface area contributed by atoms with Crippen LogP contribution in [0.4, 0.5) is 0 Å². The van der Waals surface area contributed by atoms with Gasteiger partial charge in [0.1, 0.15) is 11.5 Å². The van der Waals surface area contributed by atoms with Crippen LogP contribution in [0.2, 0.25) is 0 Å². The van der Waals surface area contributed by atoms with Crippen LogP contribution in [-0.4, -0.2) is 22.6 Å². The molecular formula is C22H25NO4S. The molecule has 0 spiro atoms. The second-order valence-corrected chi connectivity index (χ2v) is 8.40. The Kier molecular flexibility index (Phi) is 5.91. The molecule has 0 fully saturated rings. The molecule has 3 rings (SSSR count). The van der Waals surface area contributed by atoms with Crippen molar-refractivity contribution in [1.29, 1.82) is 0 Å². The number of aryl methyl sites for hydroxylation is 1. The third-order valence-electron chi connectivity index (χ3n) is 4.86. The van der Waals surface area contributed by atoms with Crippen molar-refractivity contribution in [2.75, 3.05) is 14.2 Å². The number of hydrogen-bond acceptors (Lipinski definition) is 4. The summed E-state index contributed by atoms with van der Waals surface area (Å²) in [4.78, 5) is 0.244. The van der Waals surface area contributed by atoms with Gasteiger partial charge in [0, 0.05) is 6.04 Å². The van der Waals surface area contributed by atoms with Crippen LogP contribution in [0, 0.1) is 6.92 Å². The van der Waals surface area contributed by atoms with Gasteiger partial charge in [0.15, 0.2) is 0 Å². The molecule has 5 nitrogen and oxygen atoms in total. The average molecular weight is 400 g/mol. The number of fused-ring (bicyclic) bond motifs is 1. The largest absolute Gasteiger partial charge is 0.497 e. The van der Waals surface area contributed by atoms with Gasteiger partial charge in [-0.05, 0) is 65.6 Å². The van der Waals surface area contributed by atoms with Gasteiger partial charge in [-0.15, -0.1) is 0 Å². The number of hydrogen-bond donors (Lipinski definition) is 1. The van der Waals surface area contributed by atoms with Gasteiger partial charge in [-0.1, -0.05) is 31.2 Å². The minimum absolute atomic E-state index is 0.244. The van der Waals surface area contributed by atoms with Gasteiger partial charge in [0.25, 0.3) is 0 Å². The summed E-state index contributed by atoms with van der Waals surface area (Å²) >= 11 is 0. The zero-order valence-electron chi connectivity index (χ0n) is 16.5. The highest BCUT2D eigenvalue weighted by atomic mass is 32.2. The number of rotatable bonds is 7. The fraction of sp³-hybridized carbons (Fsp3) is 0.273. The normalized spacial score (nSPS) is 12.7. The van der Waals surface area contributed by atoms with E-state index in [4.69, 9.17) is 9.47 Å². The van der Waals surface area contributed by atoms with Gasteiger partial charge in [-0.25, -0.2) is 13.1 Å². The van der Waals surface area contributed by atoms with Gasteiger partial charge in [-0.3, -0.25) is 0 Å². The van der Waals surface area contributed by atoms with Crippen molar-refractivity contribution in [3.05, 3.63) is 65.7 Å². The maximum atomic E-state index is 13.0. The molecule has 0 aliphatic heterocycles. The van der Waals surface area contributed by atoms with Crippen LogP contribution in [0.5, 0.6) is 11.5 Å². The minimum atomic E-state index is -3.67. The number of sulfonamides is 1. The lowest BCUT2D eigenvalue weighted by Gasteiger charge is -2.19. The quantitative estimate of drug-likeness (QED) is 0.631. The third kappa shape index (κ3) is 4.13. The minimum Gasteiger partial charge on any atom is -0.497 e. The van der Waals surface area contributed by atoms with E-state index in [2.05, 4.69) is 4.72 Å². The van der Waals surface area contributed by atoms with Gasteiger partial charge in [-0.2, -0.15) is 0 Å². The maximum absolute atomic E-state index is 13.0. The van der Waals surface area contributed by atoms with Crippen LogP contribution in [0.25, 0.3) is 10.8 Å². The van der Waals surface area contributed by atoms with E-state index in [1.54, 1.807) is 32.4 Å². The Bertz CT molecular complexity index is 1090. The summed E-state index contributed by atoms with van der Waals surface area (Å²) < 4.78 is 39.3. The van der Waals surface area contributed by atoms with Crippen LogP contribution in [-0.2, 0) is 10.0 Å². The number of methoxy groups -OCH3 is 2. The number of nitrogens with one attached hydrogen (secondary N) is 1. The molecular weight excluding hydrogens is 374 g/mol. The van der Waals surface area contributed by atoms with Crippen molar-refractivity contribution < 1.29 is 17.9 Å². The van der Waals surface area contributed by atoms with E-state index in [9.17, 15) is 8.42 Å². The molecule has 1 atom stereocenters. The molecule has 28 heavy (non-hydrogen) atoms. The highest BCUT2D eigenvalue weighted by Gasteiger charge is 2.21. The Morgan fingerprint density at radius 3 is 2.29 bits per heavy atom. The van der Waals surface area contributed by atoms with Crippen LogP contribution in [0.15, 0.2) is 59.5 Å². The first-order valence-corrected chi connectivity index (χ1v) is 10.6. The molecule has 0 amide bonds. The van der Waals surface area contributed by atoms with E-state index in [-0.39, 0.29) is 10.9 Å². The topological polar surface area (TPSA) is 64.6 Å². The zero-order valence-corrected chi connectivity index (χ0v) is 17.3. The van der Waals surface area contributed by atoms with Crippen molar-refractivity contribution >= 4 is 20.8 Å². The summed E-state index contributed by atoms with van der Waals surface area (Å²) in [5.74, 6) is 1.52. The zero-order chi connectivity index (χ0) is 20.3. The predicted molar refractivity (Wildman–Crippen MR) is 112 cm³/mol. The molecule has 3 aromatic carbocycles. The fourth-order valence-electron chi connectivity index (χ4n) is 3.26. The summed E-state index contributed by atoms with van der Waals surface area (Å²) in [6, 6.07) is 16.1. The third-order valence-corrected chi connectivity index (χ3v) is 6.33. The molecule has 1 unspecified atom stereocenters. The summed E-state index contributed by atoms with van der Waals surface area (Å²) in [6.07, 6.45) is 0.635. The maximum Gasteiger partial charge on any atom is 0.241 e. The standard InChI is InChI=1S/C22H25NO4S/c1-5-21(18-8-11-22(27-4)15(2)12-18)23-28(24,25)20-10-7-16-13-19(26-3)9-6-17(16)14-20/h6-14,21,23H,5H2,1-4H3. The van der Waals surface area contributed by atoms with Gasteiger partial charge in [0.05, 0.1) is 19.1 Å². The summed E-state index contributed by atoms with van der Waals surface area (Å²) in [5.41, 5.74) is 1.88. The van der Waals surface area contributed by atoms with Crippen molar-refractivity contribution in [3.8, 4) is 11.5 Å². The molecule has 148 valence electrons. The molecule has 0 saturated carbocycles. The highest BCUT2D eigenvalue weighted by Crippen LogP contribution is 2.27. The monoisotopic (exact) mass is 399 g/mol. The summed E-state index contributed by atoms with van der Waals surface area (Å²) in [7, 11) is -0.439. The van der Waals surface area contributed by atoms with E-state index in [1.165, 1.54) is 0 Å². The SMILES string of the molecule is CCC(NS(=O)(=O)c1ccc2cc(OC)ccc2c1)c1ccc(OC)c(C)c1. The molecule has 0 saturated heterocycles. The Labute approximate surface area is 166 Å². The lowest BCUT2D eigenvalue weighted by Crippen LogP contribution is -2.28. The van der Waals surface area contributed by atoms with Crippen molar-refractivity contribution in [2.24, 2.45) is 0 Å². The Morgan fingerprint density at radius 2 is 1.64 bits per heavy atom. The van der Waals surface area contributed by atoms with Gasteiger partial charge in [0.2, 0.25) is 10.0 Å². The van der Waals surface area contributed by atoms with E-state index in [0.29, 0.717) is 6.42 Å². The average Bonchev–Trinajstić information content (AvgIpc) is 2.71. The first kappa shape index (κ1) is 20.2. The lowest BCUT2D eigenvalue weighted by molar-refractivity contribution is 0.411. The molecule has 3 aromatic rings. The first-order valence-electron chi connectivity index (χ1n) is 9.12. The molecule has 0 bridgehead atoms. The number of benzene rings is 3. The van der Waals surface area contributed by atoms with Gasteiger partial charge >= 0.3 is 0 Å². The van der Waals surface area contributed by atoms with E-state index < -0.39 is 10.0 Å². The molecule has 0 radical (unpaired) electrons. The molecule has 0 heterocycles. The molecule has 0 aliphatic rings. The van der Waals surface area contributed by atoms with Gasteiger partial charge < -0.3 is 9.47 Å². The molecule has 0 aliphatic carbocycles. The van der Waals surface area contributed by atoms with E-state index >= 15 is 0 Å². The van der Waals surface area contributed by atoms with Crippen LogP contribution in [0.3, 0.4) is 0 Å². The lowest BCUT2D eigenvalue weighted by atomic mass is 10.0. The smallest absolute Gasteiger partial charge is 0.241 e. The van der Waals surface area contributed by atoms with Crippen molar-refractivity contribution in [2.45, 2.75) is 31.2 Å². The van der Waals surface area contributed by atoms with E-state index in [0.717, 1.165) is 33.4 Å². The highest BCUT2D eigenvalue weighted by molar-refractivity contribution is 7.89. The molecule has 0 aromatic heterocycles.